The summed E-state index contributed by atoms with van der Waals surface area (Å²) in [7, 11) is 0. The molecule has 0 aliphatic rings. The Morgan fingerprint density at radius 1 is 1.47 bits per heavy atom. The smallest absolute Gasteiger partial charge is 0.321 e. The van der Waals surface area contributed by atoms with Crippen molar-refractivity contribution in [3.63, 3.8) is 0 Å². The summed E-state index contributed by atoms with van der Waals surface area (Å²) >= 11 is 5.82. The molecule has 5 heteroatoms. The fourth-order valence-electron chi connectivity index (χ4n) is 1.04. The lowest BCUT2D eigenvalue weighted by Gasteiger charge is -2.08. The van der Waals surface area contributed by atoms with Crippen LogP contribution in [0, 0.1) is 3.57 Å². The Labute approximate surface area is 107 Å². The Balaban J connectivity index is 3.13. The number of benzene rings is 1. The van der Waals surface area contributed by atoms with Gasteiger partial charge in [-0.25, -0.2) is 0 Å². The topological polar surface area (TPSA) is 43.4 Å². The Morgan fingerprint density at radius 2 is 2.13 bits per heavy atom. The molecule has 0 aliphatic heterocycles. The molecule has 1 aromatic carbocycles. The zero-order valence-electron chi connectivity index (χ0n) is 7.99. The third-order valence-corrected chi connectivity index (χ3v) is 2.80. The molecule has 0 saturated carbocycles. The van der Waals surface area contributed by atoms with Crippen LogP contribution in [0.1, 0.15) is 17.3 Å². The predicted octanol–water partition coefficient (Wildman–Crippen LogP) is 2.33. The number of hydrogen-bond acceptors (Lipinski definition) is 4. The van der Waals surface area contributed by atoms with Gasteiger partial charge >= 0.3 is 5.97 Å². The first kappa shape index (κ1) is 12.5. The summed E-state index contributed by atoms with van der Waals surface area (Å²) in [4.78, 5) is 22.4. The van der Waals surface area contributed by atoms with Crippen LogP contribution < -0.4 is 4.74 Å². The summed E-state index contributed by atoms with van der Waals surface area (Å²) in [6, 6.07) is 5.15. The van der Waals surface area contributed by atoms with Crippen molar-refractivity contribution in [2.75, 3.05) is 5.75 Å². The number of rotatable bonds is 3. The number of ether oxygens (including phenoxy) is 1. The number of hydrogen-bond donors (Lipinski definition) is 1. The van der Waals surface area contributed by atoms with Crippen LogP contribution >= 0.6 is 35.2 Å². The largest absolute Gasteiger partial charge is 0.424 e. The lowest BCUT2D eigenvalue weighted by molar-refractivity contribution is -0.131. The van der Waals surface area contributed by atoms with Gasteiger partial charge in [0.05, 0.1) is 14.9 Å². The van der Waals surface area contributed by atoms with Gasteiger partial charge in [-0.2, -0.15) is 12.6 Å². The number of ketones is 1. The van der Waals surface area contributed by atoms with Gasteiger partial charge in [-0.1, -0.05) is 6.07 Å². The van der Waals surface area contributed by atoms with Crippen LogP contribution in [0.5, 0.6) is 5.75 Å². The molecule has 80 valence electrons. The molecule has 0 aliphatic carbocycles. The standard InChI is InChI=1S/C10H9IO3S/c1-6(12)7-3-2-4-8(11)10(7)14-9(13)5-15/h2-4,15H,5H2,1H3. The van der Waals surface area contributed by atoms with Crippen LogP contribution in [0.2, 0.25) is 0 Å². The highest BCUT2D eigenvalue weighted by atomic mass is 127. The van der Waals surface area contributed by atoms with Gasteiger partial charge in [0.1, 0.15) is 0 Å². The lowest BCUT2D eigenvalue weighted by Crippen LogP contribution is -2.12. The second kappa shape index (κ2) is 5.50. The molecule has 0 fully saturated rings. The van der Waals surface area contributed by atoms with Crippen LogP contribution in [0.15, 0.2) is 18.2 Å². The van der Waals surface area contributed by atoms with Crippen LogP contribution in [0.4, 0.5) is 0 Å². The fraction of sp³-hybridized carbons (Fsp3) is 0.200. The summed E-state index contributed by atoms with van der Waals surface area (Å²) in [5.74, 6) is -0.285. The van der Waals surface area contributed by atoms with Crippen LogP contribution in [0.25, 0.3) is 0 Å². The Bertz CT molecular complexity index is 404. The third-order valence-electron chi connectivity index (χ3n) is 1.69. The van der Waals surface area contributed by atoms with E-state index in [0.717, 1.165) is 3.57 Å². The van der Waals surface area contributed by atoms with E-state index in [-0.39, 0.29) is 11.5 Å². The van der Waals surface area contributed by atoms with E-state index in [2.05, 4.69) is 12.6 Å². The molecule has 0 aromatic heterocycles. The summed E-state index contributed by atoms with van der Waals surface area (Å²) in [6.45, 7) is 1.43. The minimum Gasteiger partial charge on any atom is -0.424 e. The first-order valence-corrected chi connectivity index (χ1v) is 5.88. The van der Waals surface area contributed by atoms with E-state index in [4.69, 9.17) is 4.74 Å². The first-order chi connectivity index (χ1) is 7.06. The van der Waals surface area contributed by atoms with E-state index < -0.39 is 5.97 Å². The predicted molar refractivity (Wildman–Crippen MR) is 68.7 cm³/mol. The summed E-state index contributed by atoms with van der Waals surface area (Å²) < 4.78 is 5.77. The second-order valence-electron chi connectivity index (χ2n) is 2.80. The molecule has 0 amide bonds. The minimum atomic E-state index is -0.468. The summed E-state index contributed by atoms with van der Waals surface area (Å²) in [5, 5.41) is 0. The van der Waals surface area contributed by atoms with E-state index in [0.29, 0.717) is 11.3 Å². The molecule has 3 nitrogen and oxygen atoms in total. The highest BCUT2D eigenvalue weighted by Crippen LogP contribution is 2.26. The molecule has 0 bridgehead atoms. The van der Waals surface area contributed by atoms with E-state index in [9.17, 15) is 9.59 Å². The van der Waals surface area contributed by atoms with E-state index in [1.54, 1.807) is 18.2 Å². The molecule has 0 radical (unpaired) electrons. The Morgan fingerprint density at radius 3 is 2.67 bits per heavy atom. The van der Waals surface area contributed by atoms with Gasteiger partial charge in [-0.05, 0) is 41.6 Å². The highest BCUT2D eigenvalue weighted by Gasteiger charge is 2.14. The zero-order chi connectivity index (χ0) is 11.4. The van der Waals surface area contributed by atoms with Gasteiger partial charge in [0.25, 0.3) is 0 Å². The van der Waals surface area contributed by atoms with Gasteiger partial charge in [0.15, 0.2) is 11.5 Å². The molecule has 0 N–H and O–H groups in total. The van der Waals surface area contributed by atoms with Crippen LogP contribution in [0.3, 0.4) is 0 Å². The van der Waals surface area contributed by atoms with Crippen molar-refractivity contribution in [2.24, 2.45) is 0 Å². The number of para-hydroxylation sites is 1. The van der Waals surface area contributed by atoms with Crippen molar-refractivity contribution < 1.29 is 14.3 Å². The quantitative estimate of drug-likeness (QED) is 0.303. The molecular weight excluding hydrogens is 327 g/mol. The highest BCUT2D eigenvalue weighted by molar-refractivity contribution is 14.1. The van der Waals surface area contributed by atoms with Gasteiger partial charge < -0.3 is 4.74 Å². The molecule has 0 spiro atoms. The molecule has 0 atom stereocenters. The number of carbonyl (C=O) groups is 2. The van der Waals surface area contributed by atoms with Crippen molar-refractivity contribution in [3.8, 4) is 5.75 Å². The SMILES string of the molecule is CC(=O)c1cccc(I)c1OC(=O)CS. The number of esters is 1. The van der Waals surface area contributed by atoms with Gasteiger partial charge in [0, 0.05) is 0 Å². The van der Waals surface area contributed by atoms with Crippen LogP contribution in [-0.2, 0) is 4.79 Å². The summed E-state index contributed by atoms with van der Waals surface area (Å²) in [5.41, 5.74) is 0.414. The number of Topliss-reactive ketones (excluding diaryl/α,β-unsaturated/α-hetero) is 1. The monoisotopic (exact) mass is 336 g/mol. The van der Waals surface area contributed by atoms with Crippen molar-refractivity contribution in [1.82, 2.24) is 0 Å². The van der Waals surface area contributed by atoms with Crippen LogP contribution in [-0.4, -0.2) is 17.5 Å². The van der Waals surface area contributed by atoms with Gasteiger partial charge in [0.2, 0.25) is 0 Å². The maximum absolute atomic E-state index is 11.3. The lowest BCUT2D eigenvalue weighted by atomic mass is 10.1. The van der Waals surface area contributed by atoms with E-state index in [1.165, 1.54) is 6.92 Å². The maximum Gasteiger partial charge on any atom is 0.321 e. The minimum absolute atomic E-state index is 0.0116. The molecule has 1 rings (SSSR count). The Hall–Kier alpha value is -0.560. The average molecular weight is 336 g/mol. The van der Waals surface area contributed by atoms with E-state index in [1.807, 2.05) is 22.6 Å². The van der Waals surface area contributed by atoms with Crippen molar-refractivity contribution in [1.29, 1.82) is 0 Å². The number of carbonyl (C=O) groups excluding carboxylic acids is 2. The van der Waals surface area contributed by atoms with E-state index >= 15 is 0 Å². The third kappa shape index (κ3) is 3.20. The second-order valence-corrected chi connectivity index (χ2v) is 4.28. The average Bonchev–Trinajstić information content (AvgIpc) is 2.20. The molecule has 15 heavy (non-hydrogen) atoms. The number of thiol groups is 1. The van der Waals surface area contributed by atoms with Crippen molar-refractivity contribution in [2.45, 2.75) is 6.92 Å². The molecule has 0 unspecified atom stereocenters. The number of halogens is 1. The molecular formula is C10H9IO3S. The molecule has 0 heterocycles. The van der Waals surface area contributed by atoms with Gasteiger partial charge in [-0.15, -0.1) is 0 Å². The Kier molecular flexibility index (Phi) is 4.59. The zero-order valence-corrected chi connectivity index (χ0v) is 11.0. The maximum atomic E-state index is 11.3. The first-order valence-electron chi connectivity index (χ1n) is 4.17. The molecule has 0 saturated heterocycles. The van der Waals surface area contributed by atoms with Crippen molar-refractivity contribution in [3.05, 3.63) is 27.3 Å². The fourth-order valence-corrected chi connectivity index (χ4v) is 1.71. The van der Waals surface area contributed by atoms with Gasteiger partial charge in [-0.3, -0.25) is 9.59 Å². The summed E-state index contributed by atoms with van der Waals surface area (Å²) in [6.07, 6.45) is 0. The van der Waals surface area contributed by atoms with Crippen molar-refractivity contribution >= 4 is 47.0 Å². The molecule has 1 aromatic rings. The normalized spacial score (nSPS) is 9.80.